The van der Waals surface area contributed by atoms with Crippen molar-refractivity contribution in [3.05, 3.63) is 41.9 Å². The standard InChI is InChI=1S/C17H22N4O3/c1-20(2)16-11-13(5-7-18-16)3-4-14-12-21(9-10-23-14)17(22)15-6-8-19-24-15/h5-8,11,14H,3-4,9-10,12H2,1-2H3/t14-/m0/s1. The molecule has 0 aliphatic carbocycles. The average Bonchev–Trinajstić information content (AvgIpc) is 3.14. The molecule has 1 amide bonds. The zero-order chi connectivity index (χ0) is 16.9. The lowest BCUT2D eigenvalue weighted by atomic mass is 10.1. The van der Waals surface area contributed by atoms with Gasteiger partial charge in [-0.25, -0.2) is 4.98 Å². The number of nitrogens with zero attached hydrogens (tertiary/aromatic N) is 4. The van der Waals surface area contributed by atoms with Gasteiger partial charge in [0.2, 0.25) is 5.76 Å². The number of morpholine rings is 1. The number of carbonyl (C=O) groups is 1. The van der Waals surface area contributed by atoms with Crippen molar-refractivity contribution < 1.29 is 14.1 Å². The van der Waals surface area contributed by atoms with E-state index in [2.05, 4.69) is 16.2 Å². The highest BCUT2D eigenvalue weighted by Gasteiger charge is 2.26. The summed E-state index contributed by atoms with van der Waals surface area (Å²) in [7, 11) is 3.95. The molecule has 7 heteroatoms. The van der Waals surface area contributed by atoms with E-state index in [4.69, 9.17) is 9.26 Å². The molecule has 0 unspecified atom stereocenters. The first kappa shape index (κ1) is 16.4. The Bertz CT molecular complexity index is 672. The van der Waals surface area contributed by atoms with Gasteiger partial charge in [0.1, 0.15) is 5.82 Å². The first-order valence-corrected chi connectivity index (χ1v) is 8.07. The third-order valence-corrected chi connectivity index (χ3v) is 4.10. The maximum atomic E-state index is 12.3. The molecule has 24 heavy (non-hydrogen) atoms. The molecule has 3 rings (SSSR count). The van der Waals surface area contributed by atoms with E-state index >= 15 is 0 Å². The third-order valence-electron chi connectivity index (χ3n) is 4.10. The molecular weight excluding hydrogens is 308 g/mol. The molecule has 1 aliphatic heterocycles. The van der Waals surface area contributed by atoms with Crippen molar-refractivity contribution >= 4 is 11.7 Å². The second-order valence-electron chi connectivity index (χ2n) is 6.08. The van der Waals surface area contributed by atoms with Gasteiger partial charge in [-0.2, -0.15) is 0 Å². The van der Waals surface area contributed by atoms with Crippen LogP contribution in [-0.4, -0.2) is 60.8 Å². The van der Waals surface area contributed by atoms with Crippen LogP contribution in [0.15, 0.2) is 35.1 Å². The zero-order valence-electron chi connectivity index (χ0n) is 14.0. The monoisotopic (exact) mass is 330 g/mol. The Morgan fingerprint density at radius 2 is 2.25 bits per heavy atom. The van der Waals surface area contributed by atoms with Crippen LogP contribution in [0.4, 0.5) is 5.82 Å². The zero-order valence-corrected chi connectivity index (χ0v) is 14.0. The van der Waals surface area contributed by atoms with Crippen molar-refractivity contribution in [1.82, 2.24) is 15.0 Å². The van der Waals surface area contributed by atoms with Crippen LogP contribution < -0.4 is 4.90 Å². The second-order valence-corrected chi connectivity index (χ2v) is 6.08. The summed E-state index contributed by atoms with van der Waals surface area (Å²) in [5.41, 5.74) is 1.22. The molecule has 1 aliphatic rings. The van der Waals surface area contributed by atoms with Crippen LogP contribution in [0.1, 0.15) is 22.5 Å². The van der Waals surface area contributed by atoms with E-state index in [1.807, 2.05) is 31.3 Å². The van der Waals surface area contributed by atoms with Gasteiger partial charge < -0.3 is 19.1 Å². The van der Waals surface area contributed by atoms with Crippen LogP contribution in [0.25, 0.3) is 0 Å². The van der Waals surface area contributed by atoms with E-state index in [1.54, 1.807) is 11.0 Å². The fraction of sp³-hybridized carbons (Fsp3) is 0.471. The molecule has 128 valence electrons. The summed E-state index contributed by atoms with van der Waals surface area (Å²) in [5.74, 6) is 1.10. The lowest BCUT2D eigenvalue weighted by Gasteiger charge is -2.32. The fourth-order valence-electron chi connectivity index (χ4n) is 2.75. The minimum absolute atomic E-state index is 0.0293. The number of hydrogen-bond donors (Lipinski definition) is 0. The summed E-state index contributed by atoms with van der Waals surface area (Å²) < 4.78 is 10.8. The number of ether oxygens (including phenoxy) is 1. The van der Waals surface area contributed by atoms with Crippen molar-refractivity contribution in [3.63, 3.8) is 0 Å². The Labute approximate surface area is 141 Å². The van der Waals surface area contributed by atoms with E-state index < -0.39 is 0 Å². The fourth-order valence-corrected chi connectivity index (χ4v) is 2.75. The number of rotatable bonds is 5. The Kier molecular flexibility index (Phi) is 5.10. The van der Waals surface area contributed by atoms with Crippen molar-refractivity contribution in [2.45, 2.75) is 18.9 Å². The molecule has 3 heterocycles. The number of aromatic nitrogens is 2. The normalized spacial score (nSPS) is 17.8. The van der Waals surface area contributed by atoms with Gasteiger partial charge in [0.15, 0.2) is 0 Å². The van der Waals surface area contributed by atoms with Crippen molar-refractivity contribution in [1.29, 1.82) is 0 Å². The quantitative estimate of drug-likeness (QED) is 0.829. The second kappa shape index (κ2) is 7.44. The number of pyridine rings is 1. The third kappa shape index (κ3) is 3.91. The molecule has 7 nitrogen and oxygen atoms in total. The largest absolute Gasteiger partial charge is 0.375 e. The average molecular weight is 330 g/mol. The summed E-state index contributed by atoms with van der Waals surface area (Å²) in [6, 6.07) is 5.69. The van der Waals surface area contributed by atoms with Gasteiger partial charge in [0.05, 0.1) is 18.9 Å². The van der Waals surface area contributed by atoms with Gasteiger partial charge in [0, 0.05) is 39.4 Å². The first-order valence-electron chi connectivity index (χ1n) is 8.07. The number of carbonyl (C=O) groups excluding carboxylic acids is 1. The van der Waals surface area contributed by atoms with E-state index in [0.29, 0.717) is 19.7 Å². The van der Waals surface area contributed by atoms with E-state index in [1.165, 1.54) is 11.8 Å². The van der Waals surface area contributed by atoms with Crippen LogP contribution in [0.2, 0.25) is 0 Å². The SMILES string of the molecule is CN(C)c1cc(CC[C@H]2CN(C(=O)c3ccno3)CCO2)ccn1. The molecule has 0 aromatic carbocycles. The highest BCUT2D eigenvalue weighted by molar-refractivity contribution is 5.91. The summed E-state index contributed by atoms with van der Waals surface area (Å²) in [4.78, 5) is 20.4. The van der Waals surface area contributed by atoms with Crippen LogP contribution >= 0.6 is 0 Å². The Hall–Kier alpha value is -2.41. The molecule has 0 spiro atoms. The van der Waals surface area contributed by atoms with Gasteiger partial charge in [-0.15, -0.1) is 0 Å². The minimum atomic E-state index is -0.125. The molecule has 0 radical (unpaired) electrons. The van der Waals surface area contributed by atoms with Gasteiger partial charge in [-0.1, -0.05) is 5.16 Å². The minimum Gasteiger partial charge on any atom is -0.375 e. The molecule has 0 saturated carbocycles. The first-order chi connectivity index (χ1) is 11.6. The smallest absolute Gasteiger partial charge is 0.292 e. The number of anilines is 1. The molecule has 0 bridgehead atoms. The maximum absolute atomic E-state index is 12.3. The summed E-state index contributed by atoms with van der Waals surface area (Å²) in [5, 5.41) is 3.59. The van der Waals surface area contributed by atoms with E-state index in [9.17, 15) is 4.79 Å². The van der Waals surface area contributed by atoms with Crippen LogP contribution in [-0.2, 0) is 11.2 Å². The molecular formula is C17H22N4O3. The van der Waals surface area contributed by atoms with Gasteiger partial charge in [-0.3, -0.25) is 4.79 Å². The summed E-state index contributed by atoms with van der Waals surface area (Å²) >= 11 is 0. The molecule has 2 aromatic rings. The number of amides is 1. The predicted octanol–water partition coefficient (Wildman–Crippen LogP) is 1.61. The predicted molar refractivity (Wildman–Crippen MR) is 89.0 cm³/mol. The van der Waals surface area contributed by atoms with Gasteiger partial charge in [0.25, 0.3) is 5.91 Å². The molecule has 0 N–H and O–H groups in total. The Morgan fingerprint density at radius 3 is 3.00 bits per heavy atom. The number of hydrogen-bond acceptors (Lipinski definition) is 6. The van der Waals surface area contributed by atoms with Crippen LogP contribution in [0.5, 0.6) is 0 Å². The highest BCUT2D eigenvalue weighted by Crippen LogP contribution is 2.16. The highest BCUT2D eigenvalue weighted by atomic mass is 16.5. The Balaban J connectivity index is 1.56. The van der Waals surface area contributed by atoms with Gasteiger partial charge in [-0.05, 0) is 30.5 Å². The van der Waals surface area contributed by atoms with Crippen LogP contribution in [0.3, 0.4) is 0 Å². The summed E-state index contributed by atoms with van der Waals surface area (Å²) in [6.45, 7) is 1.70. The van der Waals surface area contributed by atoms with Crippen molar-refractivity contribution in [2.75, 3.05) is 38.7 Å². The topological polar surface area (TPSA) is 71.7 Å². The Morgan fingerprint density at radius 1 is 1.38 bits per heavy atom. The van der Waals surface area contributed by atoms with Gasteiger partial charge >= 0.3 is 0 Å². The van der Waals surface area contributed by atoms with Crippen molar-refractivity contribution in [3.8, 4) is 0 Å². The lowest BCUT2D eigenvalue weighted by molar-refractivity contribution is -0.0257. The van der Waals surface area contributed by atoms with E-state index in [-0.39, 0.29) is 17.8 Å². The van der Waals surface area contributed by atoms with Crippen molar-refractivity contribution in [2.24, 2.45) is 0 Å². The molecule has 1 fully saturated rings. The van der Waals surface area contributed by atoms with Crippen LogP contribution in [0, 0.1) is 0 Å². The molecule has 1 saturated heterocycles. The molecule has 2 aromatic heterocycles. The lowest BCUT2D eigenvalue weighted by Crippen LogP contribution is -2.45. The van der Waals surface area contributed by atoms with E-state index in [0.717, 1.165) is 18.7 Å². The maximum Gasteiger partial charge on any atom is 0.292 e. The number of aryl methyl sites for hydroxylation is 1. The summed E-state index contributed by atoms with van der Waals surface area (Å²) in [6.07, 6.45) is 5.08. The molecule has 1 atom stereocenters.